The minimum Gasteiger partial charge on any atom is -0.393 e. The molecule has 0 aromatic carbocycles. The van der Waals surface area contributed by atoms with Gasteiger partial charge in [-0.25, -0.2) is 0 Å². The van der Waals surface area contributed by atoms with E-state index in [1.807, 2.05) is 6.08 Å². The van der Waals surface area contributed by atoms with Crippen LogP contribution < -0.4 is 0 Å². The lowest BCUT2D eigenvalue weighted by atomic mass is 9.75. The Morgan fingerprint density at radius 3 is 2.93 bits per heavy atom. The maximum absolute atomic E-state index is 11.4. The highest BCUT2D eigenvalue weighted by Gasteiger charge is 2.47. The Morgan fingerprint density at radius 2 is 2.21 bits per heavy atom. The maximum atomic E-state index is 11.4. The third-order valence-electron chi connectivity index (χ3n) is 3.07. The largest absolute Gasteiger partial charge is 0.393 e. The van der Waals surface area contributed by atoms with Crippen molar-refractivity contribution in [2.24, 2.45) is 17.8 Å². The van der Waals surface area contributed by atoms with E-state index < -0.39 is 0 Å². The van der Waals surface area contributed by atoms with Crippen LogP contribution in [0.4, 0.5) is 0 Å². The van der Waals surface area contributed by atoms with E-state index in [0.29, 0.717) is 6.42 Å². The molecule has 0 aromatic rings. The van der Waals surface area contributed by atoms with Crippen molar-refractivity contribution in [1.29, 1.82) is 0 Å². The van der Waals surface area contributed by atoms with Gasteiger partial charge in [0.2, 0.25) is 0 Å². The van der Waals surface area contributed by atoms with Crippen molar-refractivity contribution in [3.8, 4) is 0 Å². The highest BCUT2D eigenvalue weighted by molar-refractivity contribution is 5.97. The standard InChI is InChI=1S/C11H14O3/c1-2-4-7-5-3-6-8-9(7)11(13)14-10(8)12/h3,5,7-9H,2,4,6H2,1H3. The van der Waals surface area contributed by atoms with E-state index in [1.54, 1.807) is 0 Å². The van der Waals surface area contributed by atoms with Gasteiger partial charge in [0.15, 0.2) is 0 Å². The number of hydrogen-bond acceptors (Lipinski definition) is 3. The van der Waals surface area contributed by atoms with Crippen LogP contribution in [0.15, 0.2) is 12.2 Å². The molecule has 2 aliphatic rings. The van der Waals surface area contributed by atoms with E-state index in [4.69, 9.17) is 0 Å². The van der Waals surface area contributed by atoms with E-state index in [0.717, 1.165) is 12.8 Å². The molecule has 76 valence electrons. The molecule has 1 saturated heterocycles. The highest BCUT2D eigenvalue weighted by atomic mass is 16.6. The molecule has 1 fully saturated rings. The lowest BCUT2D eigenvalue weighted by molar-refractivity contribution is -0.154. The SMILES string of the molecule is CCCC1C=CCC2C(=O)OC(=O)C12. The van der Waals surface area contributed by atoms with E-state index in [1.165, 1.54) is 0 Å². The molecule has 1 aliphatic heterocycles. The van der Waals surface area contributed by atoms with Gasteiger partial charge in [-0.1, -0.05) is 25.5 Å². The molecule has 0 saturated carbocycles. The number of carbonyl (C=O) groups excluding carboxylic acids is 2. The number of fused-ring (bicyclic) bond motifs is 1. The molecular formula is C11H14O3. The second-order valence-electron chi connectivity index (χ2n) is 3.99. The van der Waals surface area contributed by atoms with Gasteiger partial charge in [-0.15, -0.1) is 0 Å². The Labute approximate surface area is 83.1 Å². The molecule has 3 unspecified atom stereocenters. The third kappa shape index (κ3) is 1.37. The molecule has 0 aromatic heterocycles. The summed E-state index contributed by atoms with van der Waals surface area (Å²) in [6, 6.07) is 0. The first-order valence-electron chi connectivity index (χ1n) is 5.16. The van der Waals surface area contributed by atoms with Crippen molar-refractivity contribution in [2.45, 2.75) is 26.2 Å². The minimum absolute atomic E-state index is 0.201. The normalized spacial score (nSPS) is 35.6. The van der Waals surface area contributed by atoms with Crippen molar-refractivity contribution >= 4 is 11.9 Å². The van der Waals surface area contributed by atoms with Crippen LogP contribution in [0.3, 0.4) is 0 Å². The van der Waals surface area contributed by atoms with Crippen molar-refractivity contribution in [2.75, 3.05) is 0 Å². The van der Waals surface area contributed by atoms with Gasteiger partial charge >= 0.3 is 11.9 Å². The number of ether oxygens (including phenoxy) is 1. The molecule has 0 radical (unpaired) electrons. The van der Waals surface area contributed by atoms with Gasteiger partial charge in [0.1, 0.15) is 0 Å². The molecule has 0 bridgehead atoms. The van der Waals surface area contributed by atoms with E-state index in [2.05, 4.69) is 17.7 Å². The fraction of sp³-hybridized carbons (Fsp3) is 0.636. The van der Waals surface area contributed by atoms with Crippen LogP contribution in [0, 0.1) is 17.8 Å². The number of allylic oxidation sites excluding steroid dienone is 2. The van der Waals surface area contributed by atoms with E-state index in [9.17, 15) is 9.59 Å². The Balaban J connectivity index is 2.21. The second-order valence-corrected chi connectivity index (χ2v) is 3.99. The Kier molecular flexibility index (Phi) is 2.40. The van der Waals surface area contributed by atoms with Crippen LogP contribution in [0.5, 0.6) is 0 Å². The average molecular weight is 194 g/mol. The first kappa shape index (κ1) is 9.44. The van der Waals surface area contributed by atoms with E-state index >= 15 is 0 Å². The summed E-state index contributed by atoms with van der Waals surface area (Å²) < 4.78 is 4.67. The van der Waals surface area contributed by atoms with Crippen molar-refractivity contribution in [3.05, 3.63) is 12.2 Å². The van der Waals surface area contributed by atoms with Gasteiger partial charge in [0.05, 0.1) is 11.8 Å². The molecule has 1 aliphatic carbocycles. The summed E-state index contributed by atoms with van der Waals surface area (Å²) >= 11 is 0. The lowest BCUT2D eigenvalue weighted by Gasteiger charge is -2.24. The van der Waals surface area contributed by atoms with Crippen LogP contribution in [0.25, 0.3) is 0 Å². The molecular weight excluding hydrogens is 180 g/mol. The quantitative estimate of drug-likeness (QED) is 0.381. The highest BCUT2D eigenvalue weighted by Crippen LogP contribution is 2.38. The molecule has 3 nitrogen and oxygen atoms in total. The summed E-state index contributed by atoms with van der Waals surface area (Å²) in [5.74, 6) is -0.845. The maximum Gasteiger partial charge on any atom is 0.318 e. The van der Waals surface area contributed by atoms with Gasteiger partial charge in [0.25, 0.3) is 0 Å². The van der Waals surface area contributed by atoms with Gasteiger partial charge in [-0.3, -0.25) is 9.59 Å². The Hall–Kier alpha value is -1.12. The first-order chi connectivity index (χ1) is 6.74. The second kappa shape index (κ2) is 3.56. The third-order valence-corrected chi connectivity index (χ3v) is 3.07. The van der Waals surface area contributed by atoms with Gasteiger partial charge in [-0.2, -0.15) is 0 Å². The lowest BCUT2D eigenvalue weighted by Crippen LogP contribution is -2.27. The summed E-state index contributed by atoms with van der Waals surface area (Å²) in [6.45, 7) is 2.08. The van der Waals surface area contributed by atoms with Gasteiger partial charge < -0.3 is 4.74 Å². The molecule has 0 N–H and O–H groups in total. The predicted octanol–water partition coefficient (Wildman–Crippen LogP) is 1.68. The van der Waals surface area contributed by atoms with Gasteiger partial charge in [0, 0.05) is 0 Å². The van der Waals surface area contributed by atoms with Crippen LogP contribution in [-0.2, 0) is 14.3 Å². The summed E-state index contributed by atoms with van der Waals surface area (Å²) in [4.78, 5) is 22.7. The number of esters is 2. The number of hydrogen-bond donors (Lipinski definition) is 0. The summed E-state index contributed by atoms with van der Waals surface area (Å²) in [5.41, 5.74) is 0. The molecule has 2 rings (SSSR count). The monoisotopic (exact) mass is 194 g/mol. The van der Waals surface area contributed by atoms with Crippen LogP contribution in [0.1, 0.15) is 26.2 Å². The minimum atomic E-state index is -0.328. The molecule has 3 atom stereocenters. The summed E-state index contributed by atoms with van der Waals surface area (Å²) in [5, 5.41) is 0. The summed E-state index contributed by atoms with van der Waals surface area (Å²) in [6.07, 6.45) is 6.71. The van der Waals surface area contributed by atoms with Crippen molar-refractivity contribution < 1.29 is 14.3 Å². The molecule has 0 spiro atoms. The molecule has 14 heavy (non-hydrogen) atoms. The first-order valence-corrected chi connectivity index (χ1v) is 5.16. The zero-order valence-corrected chi connectivity index (χ0v) is 8.23. The zero-order chi connectivity index (χ0) is 10.1. The average Bonchev–Trinajstić information content (AvgIpc) is 2.44. The van der Waals surface area contributed by atoms with E-state index in [-0.39, 0.29) is 29.7 Å². The number of cyclic esters (lactones) is 2. The van der Waals surface area contributed by atoms with Crippen LogP contribution in [0.2, 0.25) is 0 Å². The zero-order valence-electron chi connectivity index (χ0n) is 8.23. The fourth-order valence-electron chi connectivity index (χ4n) is 2.40. The number of rotatable bonds is 2. The topological polar surface area (TPSA) is 43.4 Å². The molecule has 1 heterocycles. The van der Waals surface area contributed by atoms with Crippen molar-refractivity contribution in [3.63, 3.8) is 0 Å². The molecule has 0 amide bonds. The Morgan fingerprint density at radius 1 is 1.43 bits per heavy atom. The van der Waals surface area contributed by atoms with Crippen molar-refractivity contribution in [1.82, 2.24) is 0 Å². The van der Waals surface area contributed by atoms with Crippen LogP contribution in [-0.4, -0.2) is 11.9 Å². The number of carbonyl (C=O) groups is 2. The van der Waals surface area contributed by atoms with Gasteiger partial charge in [-0.05, 0) is 18.8 Å². The Bertz CT molecular complexity index is 293. The predicted molar refractivity (Wildman–Crippen MR) is 50.2 cm³/mol. The fourth-order valence-corrected chi connectivity index (χ4v) is 2.40. The smallest absolute Gasteiger partial charge is 0.318 e. The van der Waals surface area contributed by atoms with Crippen LogP contribution >= 0.6 is 0 Å². The summed E-state index contributed by atoms with van der Waals surface area (Å²) in [7, 11) is 0. The molecule has 3 heteroatoms.